The number of carbonyl (C=O) groups is 1. The van der Waals surface area contributed by atoms with Gasteiger partial charge < -0.3 is 19.9 Å². The van der Waals surface area contributed by atoms with Crippen molar-refractivity contribution in [2.75, 3.05) is 19.0 Å². The van der Waals surface area contributed by atoms with Crippen LogP contribution in [0.15, 0.2) is 30.6 Å². The monoisotopic (exact) mass is 455 g/mol. The summed E-state index contributed by atoms with van der Waals surface area (Å²) in [6.07, 6.45) is -3.58. The number of hydrogen-bond acceptors (Lipinski definition) is 6. The third kappa shape index (κ3) is 6.39. The second-order valence-electron chi connectivity index (χ2n) is 7.61. The van der Waals surface area contributed by atoms with Gasteiger partial charge in [0.05, 0.1) is 24.5 Å². The molecular formula is C22H28F3N3O4. The number of methoxy groups -OCH3 is 1. The maximum Gasteiger partial charge on any atom is 0.418 e. The Morgan fingerprint density at radius 3 is 2.38 bits per heavy atom. The summed E-state index contributed by atoms with van der Waals surface area (Å²) in [7, 11) is 1.50. The molecule has 2 N–H and O–H groups in total. The van der Waals surface area contributed by atoms with Gasteiger partial charge in [-0.15, -0.1) is 0 Å². The number of alkyl halides is 3. The first-order valence-corrected chi connectivity index (χ1v) is 10.2. The van der Waals surface area contributed by atoms with Crippen molar-refractivity contribution in [1.29, 1.82) is 0 Å². The Morgan fingerprint density at radius 2 is 1.88 bits per heavy atom. The Labute approximate surface area is 185 Å². The van der Waals surface area contributed by atoms with E-state index in [-0.39, 0.29) is 30.9 Å². The van der Waals surface area contributed by atoms with Crippen molar-refractivity contribution in [3.63, 3.8) is 0 Å². The third-order valence-corrected chi connectivity index (χ3v) is 5.24. The number of halogens is 3. The van der Waals surface area contributed by atoms with Gasteiger partial charge in [0.2, 0.25) is 0 Å². The molecular weight excluding hydrogens is 427 g/mol. The number of nitrogens with zero attached hydrogens (tertiary/aromatic N) is 2. The van der Waals surface area contributed by atoms with E-state index in [2.05, 4.69) is 15.3 Å². The molecule has 1 aromatic heterocycles. The largest absolute Gasteiger partial charge is 0.481 e. The van der Waals surface area contributed by atoms with Gasteiger partial charge >= 0.3 is 12.1 Å². The van der Waals surface area contributed by atoms with Crippen molar-refractivity contribution >= 4 is 17.3 Å². The van der Waals surface area contributed by atoms with E-state index < -0.39 is 23.7 Å². The molecule has 0 bridgehead atoms. The fourth-order valence-corrected chi connectivity index (χ4v) is 3.34. The average Bonchev–Trinajstić information content (AvgIpc) is 2.72. The second-order valence-corrected chi connectivity index (χ2v) is 7.61. The molecule has 7 nitrogen and oxygen atoms in total. The Hall–Kier alpha value is -2.72. The van der Waals surface area contributed by atoms with Gasteiger partial charge in [0.1, 0.15) is 6.61 Å². The Balaban J connectivity index is 2.56. The van der Waals surface area contributed by atoms with Crippen LogP contribution in [-0.4, -0.2) is 40.9 Å². The lowest BCUT2D eigenvalue weighted by atomic mass is 9.76. The zero-order chi connectivity index (χ0) is 23.9. The second kappa shape index (κ2) is 10.7. The van der Waals surface area contributed by atoms with Crippen LogP contribution in [0, 0.1) is 0 Å². The Morgan fingerprint density at radius 1 is 1.22 bits per heavy atom. The number of nitrogens with one attached hydrogen (secondary N) is 1. The summed E-state index contributed by atoms with van der Waals surface area (Å²) in [4.78, 5) is 19.6. The molecule has 2 aromatic rings. The van der Waals surface area contributed by atoms with Gasteiger partial charge in [-0.2, -0.15) is 13.2 Å². The molecule has 0 fully saturated rings. The molecule has 1 heterocycles. The summed E-state index contributed by atoms with van der Waals surface area (Å²) in [5, 5.41) is 12.3. The highest BCUT2D eigenvalue weighted by Gasteiger charge is 2.43. The third-order valence-electron chi connectivity index (χ3n) is 5.24. The topological polar surface area (TPSA) is 93.6 Å². The summed E-state index contributed by atoms with van der Waals surface area (Å²) in [6.45, 7) is 5.17. The van der Waals surface area contributed by atoms with Crippen LogP contribution in [0.4, 0.5) is 24.5 Å². The van der Waals surface area contributed by atoms with Gasteiger partial charge in [-0.3, -0.25) is 4.79 Å². The Bertz CT molecular complexity index is 906. The molecule has 0 unspecified atom stereocenters. The van der Waals surface area contributed by atoms with Crippen LogP contribution in [0.2, 0.25) is 0 Å². The average molecular weight is 455 g/mol. The SMILES string of the molecule is CCO[C@H](c1ccc([C@](C)(CC)CC(=O)O)cc1Nc1cnc(COC)nc1)C(F)(F)F. The summed E-state index contributed by atoms with van der Waals surface area (Å²) in [5.74, 6) is -0.563. The molecule has 0 amide bonds. The highest BCUT2D eigenvalue weighted by atomic mass is 19.4. The van der Waals surface area contributed by atoms with E-state index in [1.165, 1.54) is 38.6 Å². The first-order valence-electron chi connectivity index (χ1n) is 10.2. The van der Waals surface area contributed by atoms with Gasteiger partial charge in [0, 0.05) is 30.4 Å². The van der Waals surface area contributed by atoms with E-state index in [0.717, 1.165) is 0 Å². The highest BCUT2D eigenvalue weighted by Crippen LogP contribution is 2.42. The van der Waals surface area contributed by atoms with Crippen LogP contribution in [0.25, 0.3) is 0 Å². The van der Waals surface area contributed by atoms with Crippen LogP contribution >= 0.6 is 0 Å². The lowest BCUT2D eigenvalue weighted by molar-refractivity contribution is -0.222. The minimum Gasteiger partial charge on any atom is -0.481 e. The molecule has 2 atom stereocenters. The zero-order valence-corrected chi connectivity index (χ0v) is 18.5. The predicted molar refractivity (Wildman–Crippen MR) is 113 cm³/mol. The quantitative estimate of drug-likeness (QED) is 0.484. The molecule has 0 saturated carbocycles. The van der Waals surface area contributed by atoms with Crippen molar-refractivity contribution in [2.45, 2.75) is 57.9 Å². The van der Waals surface area contributed by atoms with Gasteiger partial charge in [-0.25, -0.2) is 9.97 Å². The van der Waals surface area contributed by atoms with Crippen molar-refractivity contribution in [1.82, 2.24) is 9.97 Å². The first-order chi connectivity index (χ1) is 15.0. The van der Waals surface area contributed by atoms with Crippen molar-refractivity contribution in [2.24, 2.45) is 0 Å². The van der Waals surface area contributed by atoms with E-state index in [4.69, 9.17) is 9.47 Å². The number of aromatic nitrogens is 2. The van der Waals surface area contributed by atoms with E-state index in [9.17, 15) is 23.1 Å². The molecule has 0 saturated heterocycles. The van der Waals surface area contributed by atoms with Gasteiger partial charge in [0.15, 0.2) is 11.9 Å². The summed E-state index contributed by atoms with van der Waals surface area (Å²) in [5.41, 5.74) is 0.239. The lowest BCUT2D eigenvalue weighted by Gasteiger charge is -2.30. The number of carboxylic acids is 1. The van der Waals surface area contributed by atoms with Crippen LogP contribution in [-0.2, 0) is 26.3 Å². The smallest absolute Gasteiger partial charge is 0.418 e. The summed E-state index contributed by atoms with van der Waals surface area (Å²) in [6, 6.07) is 4.41. The number of benzene rings is 1. The number of hydrogen-bond donors (Lipinski definition) is 2. The molecule has 1 aromatic carbocycles. The van der Waals surface area contributed by atoms with Crippen LogP contribution < -0.4 is 5.32 Å². The molecule has 0 spiro atoms. The van der Waals surface area contributed by atoms with Crippen LogP contribution in [0.5, 0.6) is 0 Å². The van der Waals surface area contributed by atoms with Gasteiger partial charge in [-0.1, -0.05) is 26.0 Å². The lowest BCUT2D eigenvalue weighted by Crippen LogP contribution is -2.27. The summed E-state index contributed by atoms with van der Waals surface area (Å²) >= 11 is 0. The number of anilines is 2. The number of aliphatic carboxylic acids is 1. The maximum atomic E-state index is 13.8. The summed E-state index contributed by atoms with van der Waals surface area (Å²) < 4.78 is 51.3. The first kappa shape index (κ1) is 25.5. The molecule has 0 aliphatic carbocycles. The standard InChI is InChI=1S/C22H28F3N3O4/c1-5-21(3,10-19(29)30)14-7-8-16(20(32-6-2)22(23,24)25)17(9-14)28-15-11-26-18(13-31-4)27-12-15/h7-9,11-12,20,28H,5-6,10,13H2,1-4H3,(H,29,30)/t20-,21-/m1/s1. The minimum atomic E-state index is -4.64. The maximum absolute atomic E-state index is 13.8. The van der Waals surface area contributed by atoms with Crippen molar-refractivity contribution in [3.05, 3.63) is 47.5 Å². The van der Waals surface area contributed by atoms with Crippen molar-refractivity contribution in [3.8, 4) is 0 Å². The molecule has 32 heavy (non-hydrogen) atoms. The number of carboxylic acid groups (broad SMARTS) is 1. The van der Waals surface area contributed by atoms with Gasteiger partial charge in [-0.05, 0) is 25.0 Å². The van der Waals surface area contributed by atoms with E-state index in [1.54, 1.807) is 13.0 Å². The minimum absolute atomic E-state index is 0.113. The predicted octanol–water partition coefficient (Wildman–Crippen LogP) is 5.15. The van der Waals surface area contributed by atoms with E-state index >= 15 is 0 Å². The van der Waals surface area contributed by atoms with E-state index in [1.807, 2.05) is 6.92 Å². The van der Waals surface area contributed by atoms with Crippen LogP contribution in [0.1, 0.15) is 56.7 Å². The molecule has 2 rings (SSSR count). The van der Waals surface area contributed by atoms with Gasteiger partial charge in [0.25, 0.3) is 0 Å². The molecule has 10 heteroatoms. The Kier molecular flexibility index (Phi) is 8.57. The molecule has 0 radical (unpaired) electrons. The van der Waals surface area contributed by atoms with E-state index in [0.29, 0.717) is 23.5 Å². The number of ether oxygens (including phenoxy) is 2. The molecule has 176 valence electrons. The van der Waals surface area contributed by atoms with Crippen molar-refractivity contribution < 1.29 is 32.5 Å². The normalized spacial score (nSPS) is 14.6. The fraction of sp³-hybridized carbons (Fsp3) is 0.500. The van der Waals surface area contributed by atoms with Crippen LogP contribution in [0.3, 0.4) is 0 Å². The highest BCUT2D eigenvalue weighted by molar-refractivity contribution is 5.70. The fourth-order valence-electron chi connectivity index (χ4n) is 3.34. The molecule has 0 aliphatic heterocycles. The number of rotatable bonds is 11. The molecule has 0 aliphatic rings. The zero-order valence-electron chi connectivity index (χ0n) is 18.5.